The lowest BCUT2D eigenvalue weighted by atomic mass is 9.99. The van der Waals surface area contributed by atoms with Gasteiger partial charge in [0.05, 0.1) is 23.8 Å². The third-order valence-electron chi connectivity index (χ3n) is 3.35. The van der Waals surface area contributed by atoms with Gasteiger partial charge in [-0.1, -0.05) is 18.2 Å². The Morgan fingerprint density at radius 1 is 1.41 bits per heavy atom. The molecule has 0 saturated carbocycles. The molecule has 1 unspecified atom stereocenters. The lowest BCUT2D eigenvalue weighted by Crippen LogP contribution is -2.35. The smallest absolute Gasteiger partial charge is 0.248 e. The third kappa shape index (κ3) is 2.57. The summed E-state index contributed by atoms with van der Waals surface area (Å²) in [6, 6.07) is 7.17. The van der Waals surface area contributed by atoms with Crippen LogP contribution in [-0.4, -0.2) is 32.5 Å². The van der Waals surface area contributed by atoms with Gasteiger partial charge in [-0.15, -0.1) is 0 Å². The highest BCUT2D eigenvalue weighted by molar-refractivity contribution is 6.35. The van der Waals surface area contributed by atoms with Crippen LogP contribution in [0.15, 0.2) is 35.6 Å². The second-order valence-corrected chi connectivity index (χ2v) is 5.27. The average Bonchev–Trinajstić information content (AvgIpc) is 2.94. The number of ether oxygens (including phenoxy) is 1. The maximum atomic E-state index is 11.2. The van der Waals surface area contributed by atoms with E-state index >= 15 is 0 Å². The molecule has 114 valence electrons. The monoisotopic (exact) mass is 299 g/mol. The molecule has 22 heavy (non-hydrogen) atoms. The largest absolute Gasteiger partial charge is 0.543 e. The zero-order chi connectivity index (χ0) is 15.7. The van der Waals surface area contributed by atoms with Gasteiger partial charge in [-0.05, 0) is 19.9 Å². The predicted molar refractivity (Wildman–Crippen MR) is 77.1 cm³/mol. The van der Waals surface area contributed by atoms with E-state index in [1.165, 1.54) is 6.33 Å². The second-order valence-electron chi connectivity index (χ2n) is 5.27. The van der Waals surface area contributed by atoms with Crippen molar-refractivity contribution in [1.82, 2.24) is 14.8 Å². The second kappa shape index (κ2) is 5.59. The normalized spacial score (nSPS) is 17.0. The number of rotatable bonds is 4. The fraction of sp³-hybridized carbons (Fsp3) is 0.333. The number of para-hydroxylation sites is 1. The lowest BCUT2D eigenvalue weighted by molar-refractivity contribution is -0.294. The highest BCUT2D eigenvalue weighted by Gasteiger charge is 2.28. The molecule has 1 aromatic carbocycles. The van der Waals surface area contributed by atoms with Crippen LogP contribution in [0.5, 0.6) is 5.75 Å². The first-order valence-corrected chi connectivity index (χ1v) is 7.00. The molecule has 1 aliphatic heterocycles. The van der Waals surface area contributed by atoms with Gasteiger partial charge in [0.2, 0.25) is 5.95 Å². The molecule has 2 aromatic rings. The molecule has 7 heteroatoms. The van der Waals surface area contributed by atoms with Gasteiger partial charge in [-0.25, -0.2) is 9.67 Å². The molecule has 1 aliphatic rings. The number of carboxylic acid groups (broad SMARTS) is 1. The average molecular weight is 299 g/mol. The minimum Gasteiger partial charge on any atom is -0.543 e. The van der Waals surface area contributed by atoms with Crippen molar-refractivity contribution in [2.75, 3.05) is 0 Å². The highest BCUT2D eigenvalue weighted by Crippen LogP contribution is 2.35. The number of aliphatic carboxylic acids is 1. The van der Waals surface area contributed by atoms with Gasteiger partial charge in [0.25, 0.3) is 0 Å². The summed E-state index contributed by atoms with van der Waals surface area (Å²) in [6.07, 6.45) is 1.54. The first-order valence-electron chi connectivity index (χ1n) is 7.00. The number of carbonyl (C=O) groups excluding carboxylic acids is 1. The zero-order valence-corrected chi connectivity index (χ0v) is 12.3. The number of fused-ring (bicyclic) bond motifs is 1. The van der Waals surface area contributed by atoms with Crippen molar-refractivity contribution in [2.24, 2.45) is 4.99 Å². The van der Waals surface area contributed by atoms with Crippen LogP contribution in [0.1, 0.15) is 31.9 Å². The van der Waals surface area contributed by atoms with E-state index in [0.717, 1.165) is 5.56 Å². The molecule has 0 fully saturated rings. The van der Waals surface area contributed by atoms with Gasteiger partial charge in [0.15, 0.2) is 0 Å². The van der Waals surface area contributed by atoms with E-state index in [1.54, 1.807) is 4.68 Å². The van der Waals surface area contributed by atoms with Crippen LogP contribution in [0.4, 0.5) is 5.95 Å². The first-order chi connectivity index (χ1) is 10.6. The molecule has 0 N–H and O–H groups in total. The SMILES string of the molecule is CC(C)Oc1ccccc1C1CC(C(=O)[O-])=Nc2ncnn21. The van der Waals surface area contributed by atoms with Crippen LogP contribution in [0.3, 0.4) is 0 Å². The Labute approximate surface area is 127 Å². The van der Waals surface area contributed by atoms with Crippen LogP contribution >= 0.6 is 0 Å². The number of nitrogens with zero attached hydrogens (tertiary/aromatic N) is 4. The Balaban J connectivity index is 2.06. The van der Waals surface area contributed by atoms with Crippen LogP contribution in [0.25, 0.3) is 0 Å². The van der Waals surface area contributed by atoms with Crippen LogP contribution in [0, 0.1) is 0 Å². The summed E-state index contributed by atoms with van der Waals surface area (Å²) >= 11 is 0. The summed E-state index contributed by atoms with van der Waals surface area (Å²) in [5.41, 5.74) is 0.807. The van der Waals surface area contributed by atoms with Crippen molar-refractivity contribution in [3.63, 3.8) is 0 Å². The molecule has 0 radical (unpaired) electrons. The van der Waals surface area contributed by atoms with Crippen LogP contribution < -0.4 is 9.84 Å². The Morgan fingerprint density at radius 3 is 2.91 bits per heavy atom. The molecule has 0 amide bonds. The fourth-order valence-electron chi connectivity index (χ4n) is 2.47. The number of hydrogen-bond donors (Lipinski definition) is 0. The fourth-order valence-corrected chi connectivity index (χ4v) is 2.47. The number of aliphatic imine (C=N–C) groups is 1. The van der Waals surface area contributed by atoms with Crippen molar-refractivity contribution in [2.45, 2.75) is 32.4 Å². The predicted octanol–water partition coefficient (Wildman–Crippen LogP) is 0.881. The standard InChI is InChI=1S/C15H16N4O3/c1-9(2)22-13-6-4-3-5-10(13)12-7-11(14(20)21)18-15-16-8-17-19(12)15/h3-6,8-9,12H,7H2,1-2H3,(H,20,21)/p-1. The quantitative estimate of drug-likeness (QED) is 0.835. The Bertz CT molecular complexity index is 736. The number of benzene rings is 1. The Hall–Kier alpha value is -2.70. The summed E-state index contributed by atoms with van der Waals surface area (Å²) in [5, 5.41) is 15.4. The number of aromatic nitrogens is 3. The summed E-state index contributed by atoms with van der Waals surface area (Å²) in [6.45, 7) is 3.87. The minimum atomic E-state index is -1.29. The molecule has 7 nitrogen and oxygen atoms in total. The summed E-state index contributed by atoms with van der Waals surface area (Å²) in [5.74, 6) is -0.333. The van der Waals surface area contributed by atoms with Crippen molar-refractivity contribution >= 4 is 17.6 Å². The van der Waals surface area contributed by atoms with Gasteiger partial charge >= 0.3 is 0 Å². The third-order valence-corrected chi connectivity index (χ3v) is 3.35. The molecular weight excluding hydrogens is 284 g/mol. The topological polar surface area (TPSA) is 92.4 Å². The summed E-state index contributed by atoms with van der Waals surface area (Å²) < 4.78 is 7.43. The van der Waals surface area contributed by atoms with E-state index in [9.17, 15) is 9.90 Å². The van der Waals surface area contributed by atoms with Crippen molar-refractivity contribution in [3.05, 3.63) is 36.2 Å². The molecule has 0 aliphatic carbocycles. The van der Waals surface area contributed by atoms with Gasteiger partial charge in [-0.3, -0.25) is 0 Å². The first kappa shape index (κ1) is 14.2. The van der Waals surface area contributed by atoms with Crippen LogP contribution in [-0.2, 0) is 4.79 Å². The van der Waals surface area contributed by atoms with E-state index in [-0.39, 0.29) is 30.2 Å². The van der Waals surface area contributed by atoms with Crippen LogP contribution in [0.2, 0.25) is 0 Å². The van der Waals surface area contributed by atoms with Crippen molar-refractivity contribution in [1.29, 1.82) is 0 Å². The maximum absolute atomic E-state index is 11.2. The Kier molecular flexibility index (Phi) is 3.62. The van der Waals surface area contributed by atoms with Gasteiger partial charge in [0, 0.05) is 12.0 Å². The van der Waals surface area contributed by atoms with E-state index in [4.69, 9.17) is 4.74 Å². The van der Waals surface area contributed by atoms with Gasteiger partial charge in [-0.2, -0.15) is 10.1 Å². The Morgan fingerprint density at radius 2 is 2.18 bits per heavy atom. The summed E-state index contributed by atoms with van der Waals surface area (Å²) in [7, 11) is 0. The minimum absolute atomic E-state index is 0.00855. The van der Waals surface area contributed by atoms with Gasteiger partial charge in [0.1, 0.15) is 12.1 Å². The molecular formula is C15H15N4O3-. The number of carboxylic acids is 1. The van der Waals surface area contributed by atoms with E-state index in [0.29, 0.717) is 5.75 Å². The molecule has 0 saturated heterocycles. The molecule has 0 bridgehead atoms. The van der Waals surface area contributed by atoms with Crippen molar-refractivity contribution in [3.8, 4) is 5.75 Å². The number of hydrogen-bond acceptors (Lipinski definition) is 6. The van der Waals surface area contributed by atoms with Gasteiger partial charge < -0.3 is 14.6 Å². The lowest BCUT2D eigenvalue weighted by Gasteiger charge is -2.26. The zero-order valence-electron chi connectivity index (χ0n) is 12.3. The van der Waals surface area contributed by atoms with E-state index in [2.05, 4.69) is 15.1 Å². The molecule has 1 aromatic heterocycles. The summed E-state index contributed by atoms with van der Waals surface area (Å²) in [4.78, 5) is 19.2. The molecule has 1 atom stereocenters. The maximum Gasteiger partial charge on any atom is 0.248 e. The molecule has 0 spiro atoms. The molecule has 2 heterocycles. The van der Waals surface area contributed by atoms with E-state index in [1.807, 2.05) is 38.1 Å². The van der Waals surface area contributed by atoms with E-state index < -0.39 is 5.97 Å². The van der Waals surface area contributed by atoms with Crippen molar-refractivity contribution < 1.29 is 14.6 Å². The number of carbonyl (C=O) groups is 1. The highest BCUT2D eigenvalue weighted by atomic mass is 16.5. The molecule has 3 rings (SSSR count).